The minimum Gasteiger partial charge on any atom is -0.314 e. The van der Waals surface area contributed by atoms with Crippen molar-refractivity contribution in [1.29, 1.82) is 0 Å². The van der Waals surface area contributed by atoms with Gasteiger partial charge in [-0.05, 0) is 13.0 Å². The second kappa shape index (κ2) is 4.73. The Hall–Kier alpha value is -0.930. The van der Waals surface area contributed by atoms with E-state index in [2.05, 4.69) is 17.1 Å². The second-order valence-electron chi connectivity index (χ2n) is 3.98. The maximum absolute atomic E-state index is 13.6. The molecule has 1 aromatic rings. The van der Waals surface area contributed by atoms with Crippen LogP contribution < -0.4 is 5.32 Å². The lowest BCUT2D eigenvalue weighted by atomic mass is 10.1. The molecule has 1 aromatic carbocycles. The Bertz CT molecular complexity index is 321. The largest absolute Gasteiger partial charge is 0.314 e. The molecule has 0 radical (unpaired) electrons. The summed E-state index contributed by atoms with van der Waals surface area (Å²) in [6.45, 7) is 6.06. The van der Waals surface area contributed by atoms with Gasteiger partial charge in [0.25, 0.3) is 0 Å². The molecule has 2 rings (SSSR count). The van der Waals surface area contributed by atoms with Gasteiger partial charge in [-0.3, -0.25) is 4.90 Å². The molecule has 82 valence electrons. The van der Waals surface area contributed by atoms with Crippen LogP contribution in [0.4, 0.5) is 4.39 Å². The van der Waals surface area contributed by atoms with Crippen LogP contribution in [0.5, 0.6) is 0 Å². The van der Waals surface area contributed by atoms with Gasteiger partial charge in [-0.2, -0.15) is 0 Å². The van der Waals surface area contributed by atoms with Crippen molar-refractivity contribution in [2.45, 2.75) is 13.0 Å². The maximum atomic E-state index is 13.6. The molecular weight excluding hydrogens is 191 g/mol. The molecule has 0 spiro atoms. The Balaban J connectivity index is 2.12. The molecular formula is C12H17FN2. The summed E-state index contributed by atoms with van der Waals surface area (Å²) in [6, 6.07) is 7.23. The van der Waals surface area contributed by atoms with E-state index in [1.807, 2.05) is 12.1 Å². The highest BCUT2D eigenvalue weighted by molar-refractivity contribution is 5.20. The van der Waals surface area contributed by atoms with E-state index in [0.29, 0.717) is 0 Å². The molecule has 3 heteroatoms. The number of nitrogens with one attached hydrogen (secondary N) is 1. The summed E-state index contributed by atoms with van der Waals surface area (Å²) in [5.41, 5.74) is 0.805. The summed E-state index contributed by atoms with van der Waals surface area (Å²) < 4.78 is 13.6. The molecule has 1 saturated heterocycles. The van der Waals surface area contributed by atoms with Crippen molar-refractivity contribution in [2.75, 3.05) is 26.2 Å². The van der Waals surface area contributed by atoms with Crippen LogP contribution in [-0.2, 0) is 0 Å². The molecule has 15 heavy (non-hydrogen) atoms. The van der Waals surface area contributed by atoms with E-state index >= 15 is 0 Å². The molecule has 1 fully saturated rings. The van der Waals surface area contributed by atoms with Crippen molar-refractivity contribution in [3.8, 4) is 0 Å². The minimum absolute atomic E-state index is 0.0940. The van der Waals surface area contributed by atoms with E-state index in [9.17, 15) is 4.39 Å². The minimum atomic E-state index is -0.0940. The van der Waals surface area contributed by atoms with Crippen LogP contribution in [0.15, 0.2) is 24.3 Å². The third-order valence-electron chi connectivity index (χ3n) is 3.05. The van der Waals surface area contributed by atoms with Crippen molar-refractivity contribution < 1.29 is 4.39 Å². The average Bonchev–Trinajstić information content (AvgIpc) is 2.30. The zero-order valence-corrected chi connectivity index (χ0v) is 9.04. The fraction of sp³-hybridized carbons (Fsp3) is 0.500. The van der Waals surface area contributed by atoms with Crippen molar-refractivity contribution in [3.05, 3.63) is 35.6 Å². The summed E-state index contributed by atoms with van der Waals surface area (Å²) in [4.78, 5) is 2.31. The molecule has 1 heterocycles. The predicted molar refractivity (Wildman–Crippen MR) is 59.3 cm³/mol. The van der Waals surface area contributed by atoms with Crippen LogP contribution >= 0.6 is 0 Å². The molecule has 0 aromatic heterocycles. The lowest BCUT2D eigenvalue weighted by molar-refractivity contribution is 0.182. The highest BCUT2D eigenvalue weighted by Crippen LogP contribution is 2.22. The monoisotopic (exact) mass is 208 g/mol. The standard InChI is InChI=1S/C12H17FN2/c1-10(15-8-6-14-7-9-15)11-4-2-3-5-12(11)13/h2-5,10,14H,6-9H2,1H3/t10-/m1/s1. The highest BCUT2D eigenvalue weighted by atomic mass is 19.1. The number of nitrogens with zero attached hydrogens (tertiary/aromatic N) is 1. The Morgan fingerprint density at radius 3 is 2.60 bits per heavy atom. The van der Waals surface area contributed by atoms with Gasteiger partial charge >= 0.3 is 0 Å². The first-order chi connectivity index (χ1) is 7.29. The second-order valence-corrected chi connectivity index (χ2v) is 3.98. The third-order valence-corrected chi connectivity index (χ3v) is 3.05. The number of benzene rings is 1. The summed E-state index contributed by atoms with van der Waals surface area (Å²) >= 11 is 0. The number of piperazine rings is 1. The fourth-order valence-corrected chi connectivity index (χ4v) is 2.08. The normalized spacial score (nSPS) is 20.1. The molecule has 1 aliphatic rings. The van der Waals surface area contributed by atoms with E-state index < -0.39 is 0 Å². The molecule has 0 bridgehead atoms. The lowest BCUT2D eigenvalue weighted by Gasteiger charge is -2.33. The number of rotatable bonds is 2. The van der Waals surface area contributed by atoms with Gasteiger partial charge in [-0.1, -0.05) is 18.2 Å². The van der Waals surface area contributed by atoms with Gasteiger partial charge in [0, 0.05) is 37.8 Å². The van der Waals surface area contributed by atoms with E-state index in [1.165, 1.54) is 6.07 Å². The summed E-state index contributed by atoms with van der Waals surface area (Å²) in [5.74, 6) is -0.0940. The first kappa shape index (κ1) is 10.6. The van der Waals surface area contributed by atoms with Crippen LogP contribution in [0.1, 0.15) is 18.5 Å². The van der Waals surface area contributed by atoms with Crippen molar-refractivity contribution >= 4 is 0 Å². The van der Waals surface area contributed by atoms with E-state index in [0.717, 1.165) is 31.7 Å². The van der Waals surface area contributed by atoms with Gasteiger partial charge in [0.15, 0.2) is 0 Å². The van der Waals surface area contributed by atoms with Crippen molar-refractivity contribution in [2.24, 2.45) is 0 Å². The lowest BCUT2D eigenvalue weighted by Crippen LogP contribution is -2.44. The van der Waals surface area contributed by atoms with E-state index in [4.69, 9.17) is 0 Å². The third kappa shape index (κ3) is 2.36. The van der Waals surface area contributed by atoms with Crippen molar-refractivity contribution in [3.63, 3.8) is 0 Å². The van der Waals surface area contributed by atoms with E-state index in [-0.39, 0.29) is 11.9 Å². The predicted octanol–water partition coefficient (Wildman–Crippen LogP) is 1.79. The average molecular weight is 208 g/mol. The fourth-order valence-electron chi connectivity index (χ4n) is 2.08. The van der Waals surface area contributed by atoms with Gasteiger partial charge in [-0.25, -0.2) is 4.39 Å². The zero-order chi connectivity index (χ0) is 10.7. The molecule has 0 aliphatic carbocycles. The van der Waals surface area contributed by atoms with Crippen molar-refractivity contribution in [1.82, 2.24) is 10.2 Å². The summed E-state index contributed by atoms with van der Waals surface area (Å²) in [7, 11) is 0. The van der Waals surface area contributed by atoms with Gasteiger partial charge in [0.05, 0.1) is 0 Å². The molecule has 0 unspecified atom stereocenters. The summed E-state index contributed by atoms with van der Waals surface area (Å²) in [6.07, 6.45) is 0. The Kier molecular flexibility index (Phi) is 3.34. The molecule has 2 nitrogen and oxygen atoms in total. The van der Waals surface area contributed by atoms with Gasteiger partial charge < -0.3 is 5.32 Å². The smallest absolute Gasteiger partial charge is 0.127 e. The topological polar surface area (TPSA) is 15.3 Å². The van der Waals surface area contributed by atoms with E-state index in [1.54, 1.807) is 6.07 Å². The van der Waals surface area contributed by atoms with Crippen LogP contribution in [0.25, 0.3) is 0 Å². The molecule has 1 aliphatic heterocycles. The molecule has 0 amide bonds. The Labute approximate surface area is 90.1 Å². The number of hydrogen-bond acceptors (Lipinski definition) is 2. The van der Waals surface area contributed by atoms with Crippen LogP contribution in [0, 0.1) is 5.82 Å². The summed E-state index contributed by atoms with van der Waals surface area (Å²) in [5, 5.41) is 3.30. The Morgan fingerprint density at radius 1 is 1.27 bits per heavy atom. The SMILES string of the molecule is C[C@H](c1ccccc1F)N1CCNCC1. The van der Waals surface area contributed by atoms with Gasteiger partial charge in [0.2, 0.25) is 0 Å². The van der Waals surface area contributed by atoms with Gasteiger partial charge in [-0.15, -0.1) is 0 Å². The van der Waals surface area contributed by atoms with Crippen LogP contribution in [-0.4, -0.2) is 31.1 Å². The highest BCUT2D eigenvalue weighted by Gasteiger charge is 2.19. The maximum Gasteiger partial charge on any atom is 0.127 e. The van der Waals surface area contributed by atoms with Crippen LogP contribution in [0.3, 0.4) is 0 Å². The zero-order valence-electron chi connectivity index (χ0n) is 9.04. The first-order valence-electron chi connectivity index (χ1n) is 5.48. The number of hydrogen-bond donors (Lipinski definition) is 1. The quantitative estimate of drug-likeness (QED) is 0.797. The molecule has 1 N–H and O–H groups in total. The molecule has 0 saturated carbocycles. The first-order valence-corrected chi connectivity index (χ1v) is 5.48. The Morgan fingerprint density at radius 2 is 1.93 bits per heavy atom. The number of halogens is 1. The van der Waals surface area contributed by atoms with Gasteiger partial charge in [0.1, 0.15) is 5.82 Å². The van der Waals surface area contributed by atoms with Crippen LogP contribution in [0.2, 0.25) is 0 Å². The molecule has 1 atom stereocenters.